The zero-order valence-electron chi connectivity index (χ0n) is 12.3. The molecule has 1 amide bonds. The Morgan fingerprint density at radius 2 is 2.27 bits per heavy atom. The van der Waals surface area contributed by atoms with Gasteiger partial charge in [-0.1, -0.05) is 0 Å². The van der Waals surface area contributed by atoms with Crippen molar-refractivity contribution in [3.05, 3.63) is 23.0 Å². The number of β-lactam (4-membered cyclic amide) rings is 1. The van der Waals surface area contributed by atoms with Gasteiger partial charge in [-0.25, -0.2) is 0 Å². The summed E-state index contributed by atoms with van der Waals surface area (Å²) in [5.74, 6) is -0.622. The summed E-state index contributed by atoms with van der Waals surface area (Å²) in [7, 11) is 1.80. The van der Waals surface area contributed by atoms with Crippen molar-refractivity contribution in [1.29, 1.82) is 0 Å². The highest BCUT2D eigenvalue weighted by molar-refractivity contribution is 8.00. The summed E-state index contributed by atoms with van der Waals surface area (Å²) in [5.41, 5.74) is 13.1. The van der Waals surface area contributed by atoms with Gasteiger partial charge in [-0.3, -0.25) is 9.69 Å². The van der Waals surface area contributed by atoms with Gasteiger partial charge in [0.25, 0.3) is 0 Å². The highest BCUT2D eigenvalue weighted by Gasteiger charge is 2.50. The molecule has 1 aromatic rings. The lowest BCUT2D eigenvalue weighted by atomic mass is 10.0. The third-order valence-electron chi connectivity index (χ3n) is 4.12. The summed E-state index contributed by atoms with van der Waals surface area (Å²) >= 11 is 1.47. The number of anilines is 1. The Morgan fingerprint density at radius 3 is 2.82 bits per heavy atom. The molecule has 8 nitrogen and oxygen atoms in total. The number of aliphatic carboxylic acids is 1. The number of nitrogens with zero attached hydrogens (tertiary/aromatic N) is 3. The molecule has 0 aliphatic carbocycles. The molecule has 2 aliphatic heterocycles. The van der Waals surface area contributed by atoms with Crippen LogP contribution in [0.15, 0.2) is 17.5 Å². The number of aromatic nitrogens is 2. The van der Waals surface area contributed by atoms with Gasteiger partial charge < -0.3 is 21.4 Å². The van der Waals surface area contributed by atoms with Crippen LogP contribution in [0.1, 0.15) is 5.56 Å². The Hall–Kier alpha value is -2.00. The van der Waals surface area contributed by atoms with Crippen LogP contribution in [-0.2, 0) is 23.2 Å². The molecular weight excluding hydrogens is 306 g/mol. The van der Waals surface area contributed by atoms with E-state index in [9.17, 15) is 14.7 Å². The number of carboxylic acid groups (broad SMARTS) is 1. The predicted molar refractivity (Wildman–Crippen MR) is 77.9 cm³/mol. The largest absolute Gasteiger partial charge is 0.543 e. The topological polar surface area (TPSA) is 121 Å². The molecule has 0 spiro atoms. The lowest BCUT2D eigenvalue weighted by Gasteiger charge is -2.49. The Morgan fingerprint density at radius 1 is 1.59 bits per heavy atom. The normalized spacial score (nSPS) is 24.3. The quantitative estimate of drug-likeness (QED) is 0.466. The molecule has 9 heteroatoms. The fourth-order valence-corrected chi connectivity index (χ4v) is 4.09. The smallest absolute Gasteiger partial charge is 0.248 e. The summed E-state index contributed by atoms with van der Waals surface area (Å²) in [6, 6.07) is -0.638. The van der Waals surface area contributed by atoms with E-state index in [1.165, 1.54) is 16.7 Å². The molecule has 2 aliphatic rings. The minimum atomic E-state index is -1.35. The zero-order valence-corrected chi connectivity index (χ0v) is 13.1. The van der Waals surface area contributed by atoms with Gasteiger partial charge in [0.2, 0.25) is 12.1 Å². The lowest BCUT2D eigenvalue weighted by molar-refractivity contribution is -0.765. The number of carbonyl (C=O) groups excluding carboxylic acids is 2. The van der Waals surface area contributed by atoms with E-state index in [4.69, 9.17) is 11.5 Å². The number of hydrogen-bond acceptors (Lipinski definition) is 6. The van der Waals surface area contributed by atoms with E-state index in [1.807, 2.05) is 17.8 Å². The van der Waals surface area contributed by atoms with Crippen molar-refractivity contribution in [2.45, 2.75) is 24.9 Å². The highest BCUT2D eigenvalue weighted by Crippen LogP contribution is 2.39. The molecule has 2 atom stereocenters. The maximum absolute atomic E-state index is 11.9. The molecule has 0 saturated carbocycles. The van der Waals surface area contributed by atoms with Crippen molar-refractivity contribution in [3.63, 3.8) is 0 Å². The predicted octanol–water partition coefficient (Wildman–Crippen LogP) is -2.55. The van der Waals surface area contributed by atoms with Crippen LogP contribution in [0.25, 0.3) is 0 Å². The summed E-state index contributed by atoms with van der Waals surface area (Å²) in [6.07, 6.45) is 1.84. The van der Waals surface area contributed by atoms with E-state index in [-0.39, 0.29) is 17.0 Å². The van der Waals surface area contributed by atoms with Gasteiger partial charge in [0.1, 0.15) is 11.4 Å². The first kappa shape index (κ1) is 14.9. The molecule has 0 bridgehead atoms. The van der Waals surface area contributed by atoms with Gasteiger partial charge in [0, 0.05) is 11.3 Å². The molecule has 3 heterocycles. The molecule has 0 aromatic carbocycles. The number of aryl methyl sites for hydroxylation is 1. The van der Waals surface area contributed by atoms with Gasteiger partial charge in [0.15, 0.2) is 12.4 Å². The maximum atomic E-state index is 11.9. The maximum Gasteiger partial charge on any atom is 0.248 e. The minimum Gasteiger partial charge on any atom is -0.543 e. The second-order valence-corrected chi connectivity index (χ2v) is 6.60. The molecule has 1 aromatic heterocycles. The van der Waals surface area contributed by atoms with Crippen LogP contribution < -0.4 is 21.3 Å². The number of nitrogen functional groups attached to an aromatic ring is 1. The average molecular weight is 323 g/mol. The Kier molecular flexibility index (Phi) is 3.41. The summed E-state index contributed by atoms with van der Waals surface area (Å²) in [5, 5.41) is 11.2. The standard InChI is InChI=1S/C13H17N5O3S/c1-6-3-17(16(2)10(6)15)4-7-5-22-12-8(14)11(19)18(12)9(7)13(20)21/h3,8,12,15H,4-5,14H2,1-2H3,(H,20,21)/t8-,12-/m1/s1. The van der Waals surface area contributed by atoms with Crippen molar-refractivity contribution in [1.82, 2.24) is 9.58 Å². The molecule has 1 fully saturated rings. The van der Waals surface area contributed by atoms with Crippen molar-refractivity contribution < 1.29 is 19.4 Å². The minimum absolute atomic E-state index is 0.0552. The Balaban J connectivity index is 1.98. The van der Waals surface area contributed by atoms with E-state index in [1.54, 1.807) is 11.7 Å². The Labute approximate surface area is 131 Å². The first-order valence-corrected chi connectivity index (χ1v) is 7.83. The van der Waals surface area contributed by atoms with Crippen molar-refractivity contribution in [2.75, 3.05) is 11.5 Å². The number of carboxylic acids is 1. The van der Waals surface area contributed by atoms with Crippen LogP contribution in [0.5, 0.6) is 0 Å². The van der Waals surface area contributed by atoms with Gasteiger partial charge in [-0.15, -0.1) is 21.1 Å². The van der Waals surface area contributed by atoms with Gasteiger partial charge in [-0.2, -0.15) is 0 Å². The van der Waals surface area contributed by atoms with E-state index in [2.05, 4.69) is 0 Å². The molecule has 3 rings (SSSR count). The molecule has 22 heavy (non-hydrogen) atoms. The molecular formula is C13H17N5O3S. The second kappa shape index (κ2) is 5.03. The molecule has 0 unspecified atom stereocenters. The summed E-state index contributed by atoms with van der Waals surface area (Å²) < 4.78 is 3.56. The van der Waals surface area contributed by atoms with Crippen LogP contribution in [0.2, 0.25) is 0 Å². The first-order chi connectivity index (χ1) is 10.3. The monoisotopic (exact) mass is 323 g/mol. The number of fused-ring (bicyclic) bond motifs is 1. The van der Waals surface area contributed by atoms with Gasteiger partial charge in [0.05, 0.1) is 24.3 Å². The number of thioether (sulfide) groups is 1. The van der Waals surface area contributed by atoms with Crippen molar-refractivity contribution in [3.8, 4) is 0 Å². The molecule has 0 radical (unpaired) electrons. The number of hydrogen-bond donors (Lipinski definition) is 2. The third-order valence-corrected chi connectivity index (χ3v) is 5.48. The first-order valence-electron chi connectivity index (χ1n) is 6.78. The van der Waals surface area contributed by atoms with Crippen LogP contribution in [0.4, 0.5) is 5.82 Å². The van der Waals surface area contributed by atoms with Crippen molar-refractivity contribution >= 4 is 29.5 Å². The Bertz CT molecular complexity index is 711. The number of carbonyl (C=O) groups is 2. The number of amides is 1. The van der Waals surface area contributed by atoms with Crippen LogP contribution in [0, 0.1) is 6.92 Å². The van der Waals surface area contributed by atoms with Crippen LogP contribution in [-0.4, -0.2) is 38.6 Å². The van der Waals surface area contributed by atoms with Crippen LogP contribution >= 0.6 is 11.8 Å². The van der Waals surface area contributed by atoms with E-state index in [0.717, 1.165) is 5.56 Å². The highest BCUT2D eigenvalue weighted by atomic mass is 32.2. The molecule has 1 saturated heterocycles. The van der Waals surface area contributed by atoms with Crippen molar-refractivity contribution in [2.24, 2.45) is 12.8 Å². The van der Waals surface area contributed by atoms with Gasteiger partial charge >= 0.3 is 0 Å². The fourth-order valence-electron chi connectivity index (χ4n) is 2.81. The van der Waals surface area contributed by atoms with E-state index < -0.39 is 12.0 Å². The second-order valence-electron chi connectivity index (χ2n) is 5.49. The number of nitrogens with two attached hydrogens (primary N) is 2. The zero-order chi connectivity index (χ0) is 16.2. The average Bonchev–Trinajstić information content (AvgIpc) is 2.73. The molecule has 118 valence electrons. The van der Waals surface area contributed by atoms with E-state index >= 15 is 0 Å². The third kappa shape index (κ3) is 2.00. The lowest BCUT2D eigenvalue weighted by Crippen LogP contribution is -2.69. The SMILES string of the molecule is Cc1c[n+](CC2=C(C(=O)[O-])N3C(=O)[C@@H](N)[C@H]3SC2)n(C)c1N. The van der Waals surface area contributed by atoms with E-state index in [0.29, 0.717) is 23.7 Å². The van der Waals surface area contributed by atoms with Gasteiger partial charge in [-0.05, 0) is 6.92 Å². The number of rotatable bonds is 3. The van der Waals surface area contributed by atoms with Crippen LogP contribution in [0.3, 0.4) is 0 Å². The fraction of sp³-hybridized carbons (Fsp3) is 0.462. The molecule has 4 N–H and O–H groups in total. The summed E-state index contributed by atoms with van der Waals surface area (Å²) in [4.78, 5) is 24.6. The summed E-state index contributed by atoms with van der Waals surface area (Å²) in [6.45, 7) is 2.21.